The average molecular weight is 427 g/mol. The molecule has 1 aliphatic heterocycles. The molecule has 4 rings (SSSR count). The van der Waals surface area contributed by atoms with E-state index in [1.165, 1.54) is 18.1 Å². The van der Waals surface area contributed by atoms with E-state index in [2.05, 4.69) is 27.2 Å². The van der Waals surface area contributed by atoms with Gasteiger partial charge in [0.05, 0.1) is 6.33 Å². The molecule has 2 aromatic carbocycles. The van der Waals surface area contributed by atoms with Gasteiger partial charge in [0.2, 0.25) is 0 Å². The number of sulfonamides is 1. The monoisotopic (exact) mass is 426 g/mol. The van der Waals surface area contributed by atoms with Crippen LogP contribution in [0, 0.1) is 0 Å². The van der Waals surface area contributed by atoms with Crippen LogP contribution in [0.4, 0.5) is 0 Å². The fraction of sp³-hybridized carbons (Fsp3) is 0.318. The first-order valence-electron chi connectivity index (χ1n) is 9.91. The van der Waals surface area contributed by atoms with Crippen LogP contribution in [-0.4, -0.2) is 37.7 Å². The molecular formula is C22H26N4O3S. The number of aryl methyl sites for hydroxylation is 1. The molecule has 0 saturated carbocycles. The summed E-state index contributed by atoms with van der Waals surface area (Å²) in [6.07, 6.45) is 3.83. The Bertz CT molecular complexity index is 1110. The molecule has 2 N–H and O–H groups in total. The zero-order valence-electron chi connectivity index (χ0n) is 17.1. The van der Waals surface area contributed by atoms with Crippen molar-refractivity contribution in [3.8, 4) is 5.75 Å². The van der Waals surface area contributed by atoms with Gasteiger partial charge in [-0.3, -0.25) is 0 Å². The van der Waals surface area contributed by atoms with Gasteiger partial charge in [-0.15, -0.1) is 0 Å². The lowest BCUT2D eigenvalue weighted by Crippen LogP contribution is -2.41. The standard InChI is InChI=1S/C22H26N4O3S/c1-23-20-14-29-21-9-8-17(12-25-30(27,28)22-13-26(2)15-24-22)11-19(21)18(20)10-16-6-4-3-5-7-16/h3-9,11,13,15,18,20,23,25H,10,12,14H2,1-2H3/t18-,20+/m1/s1. The van der Waals surface area contributed by atoms with E-state index in [9.17, 15) is 8.42 Å². The van der Waals surface area contributed by atoms with Gasteiger partial charge in [-0.25, -0.2) is 18.1 Å². The van der Waals surface area contributed by atoms with E-state index in [1.54, 1.807) is 11.6 Å². The van der Waals surface area contributed by atoms with Gasteiger partial charge in [0.25, 0.3) is 10.0 Å². The maximum absolute atomic E-state index is 12.5. The second-order valence-electron chi connectivity index (χ2n) is 7.58. The van der Waals surface area contributed by atoms with Crippen LogP contribution >= 0.6 is 0 Å². The zero-order chi connectivity index (χ0) is 21.1. The van der Waals surface area contributed by atoms with Crippen LogP contribution in [0.2, 0.25) is 0 Å². The fourth-order valence-corrected chi connectivity index (χ4v) is 4.82. The van der Waals surface area contributed by atoms with Crippen LogP contribution < -0.4 is 14.8 Å². The average Bonchev–Trinajstić information content (AvgIpc) is 3.21. The number of hydrogen-bond donors (Lipinski definition) is 2. The number of hydrogen-bond acceptors (Lipinski definition) is 5. The van der Waals surface area contributed by atoms with Crippen molar-refractivity contribution in [1.82, 2.24) is 19.6 Å². The molecule has 1 aromatic heterocycles. The van der Waals surface area contributed by atoms with Crippen LogP contribution in [0.3, 0.4) is 0 Å². The van der Waals surface area contributed by atoms with Crippen molar-refractivity contribution in [1.29, 1.82) is 0 Å². The summed E-state index contributed by atoms with van der Waals surface area (Å²) in [7, 11) is 0.0210. The second-order valence-corrected chi connectivity index (χ2v) is 9.29. The van der Waals surface area contributed by atoms with E-state index in [-0.39, 0.29) is 23.5 Å². The third-order valence-electron chi connectivity index (χ3n) is 5.47. The SMILES string of the molecule is CN[C@H]1COc2ccc(CNS(=O)(=O)c3cn(C)cn3)cc2[C@H]1Cc1ccccc1. The van der Waals surface area contributed by atoms with Crippen molar-refractivity contribution in [3.05, 3.63) is 77.7 Å². The summed E-state index contributed by atoms with van der Waals surface area (Å²) in [6.45, 7) is 0.793. The molecule has 0 saturated heterocycles. The van der Waals surface area contributed by atoms with Crippen molar-refractivity contribution >= 4 is 10.0 Å². The lowest BCUT2D eigenvalue weighted by Gasteiger charge is -2.34. The third kappa shape index (κ3) is 4.40. The summed E-state index contributed by atoms with van der Waals surface area (Å²) in [4.78, 5) is 3.93. The van der Waals surface area contributed by atoms with Crippen LogP contribution in [0.15, 0.2) is 66.1 Å². The highest BCUT2D eigenvalue weighted by molar-refractivity contribution is 7.89. The minimum absolute atomic E-state index is 0.0171. The van der Waals surface area contributed by atoms with Crippen molar-refractivity contribution < 1.29 is 13.2 Å². The lowest BCUT2D eigenvalue weighted by molar-refractivity contribution is 0.218. The van der Waals surface area contributed by atoms with Crippen LogP contribution in [0.25, 0.3) is 0 Å². The largest absolute Gasteiger partial charge is 0.492 e. The third-order valence-corrected chi connectivity index (χ3v) is 6.76. The summed E-state index contributed by atoms with van der Waals surface area (Å²) in [5, 5.41) is 3.38. The Morgan fingerprint density at radius 3 is 2.67 bits per heavy atom. The maximum Gasteiger partial charge on any atom is 0.259 e. The Hall–Kier alpha value is -2.68. The highest BCUT2D eigenvalue weighted by atomic mass is 32.2. The lowest BCUT2D eigenvalue weighted by atomic mass is 9.83. The van der Waals surface area contributed by atoms with Gasteiger partial charge in [0.15, 0.2) is 5.03 Å². The number of nitrogens with zero attached hydrogens (tertiary/aromatic N) is 2. The Kier molecular flexibility index (Phi) is 5.90. The van der Waals surface area contributed by atoms with Gasteiger partial charge < -0.3 is 14.6 Å². The molecule has 0 unspecified atom stereocenters. The molecule has 3 aromatic rings. The molecule has 0 spiro atoms. The number of fused-ring (bicyclic) bond motifs is 1. The van der Waals surface area contributed by atoms with E-state index < -0.39 is 10.0 Å². The van der Waals surface area contributed by atoms with Gasteiger partial charge in [0.1, 0.15) is 12.4 Å². The highest BCUT2D eigenvalue weighted by Gasteiger charge is 2.30. The number of nitrogens with one attached hydrogen (secondary N) is 2. The molecule has 0 fully saturated rings. The summed E-state index contributed by atoms with van der Waals surface area (Å²) >= 11 is 0. The van der Waals surface area contributed by atoms with Gasteiger partial charge in [-0.05, 0) is 36.2 Å². The molecule has 30 heavy (non-hydrogen) atoms. The minimum atomic E-state index is -3.66. The normalized spacial score (nSPS) is 18.6. The summed E-state index contributed by atoms with van der Waals surface area (Å²) in [6, 6.07) is 16.4. The smallest absolute Gasteiger partial charge is 0.259 e. The van der Waals surface area contributed by atoms with E-state index in [1.807, 2.05) is 43.4 Å². The summed E-state index contributed by atoms with van der Waals surface area (Å²) < 4.78 is 35.2. The van der Waals surface area contributed by atoms with E-state index in [0.717, 1.165) is 23.3 Å². The molecule has 7 nitrogen and oxygen atoms in total. The van der Waals surface area contributed by atoms with Crippen molar-refractivity contribution in [2.45, 2.75) is 30.0 Å². The van der Waals surface area contributed by atoms with Gasteiger partial charge in [-0.1, -0.05) is 42.5 Å². The number of benzene rings is 2. The molecule has 0 amide bonds. The number of likely N-dealkylation sites (N-methyl/N-ethyl adjacent to an activating group) is 1. The number of ether oxygens (including phenoxy) is 1. The predicted molar refractivity (Wildman–Crippen MR) is 115 cm³/mol. The topological polar surface area (TPSA) is 85.3 Å². The van der Waals surface area contributed by atoms with Gasteiger partial charge >= 0.3 is 0 Å². The Morgan fingerprint density at radius 2 is 1.97 bits per heavy atom. The molecule has 1 aliphatic rings. The molecule has 0 aliphatic carbocycles. The molecule has 2 atom stereocenters. The quantitative estimate of drug-likeness (QED) is 0.605. The molecule has 158 valence electrons. The summed E-state index contributed by atoms with van der Waals surface area (Å²) in [5.41, 5.74) is 3.24. The van der Waals surface area contributed by atoms with Gasteiger partial charge in [-0.2, -0.15) is 0 Å². The molecular weight excluding hydrogens is 400 g/mol. The Balaban J connectivity index is 1.57. The molecule has 8 heteroatoms. The Morgan fingerprint density at radius 1 is 1.17 bits per heavy atom. The highest BCUT2D eigenvalue weighted by Crippen LogP contribution is 2.36. The first-order chi connectivity index (χ1) is 14.5. The zero-order valence-corrected chi connectivity index (χ0v) is 17.9. The van der Waals surface area contributed by atoms with E-state index >= 15 is 0 Å². The van der Waals surface area contributed by atoms with Crippen molar-refractivity contribution in [2.75, 3.05) is 13.7 Å². The Labute approximate surface area is 177 Å². The molecule has 0 radical (unpaired) electrons. The minimum Gasteiger partial charge on any atom is -0.492 e. The van der Waals surface area contributed by atoms with E-state index in [0.29, 0.717) is 6.61 Å². The van der Waals surface area contributed by atoms with Crippen LogP contribution in [0.1, 0.15) is 22.6 Å². The second kappa shape index (κ2) is 8.59. The maximum atomic E-state index is 12.5. The number of aromatic nitrogens is 2. The van der Waals surface area contributed by atoms with Crippen LogP contribution in [-0.2, 0) is 30.0 Å². The first kappa shape index (κ1) is 20.6. The molecule has 0 bridgehead atoms. The first-order valence-corrected chi connectivity index (χ1v) is 11.4. The van der Waals surface area contributed by atoms with Gasteiger partial charge in [0, 0.05) is 31.7 Å². The van der Waals surface area contributed by atoms with Crippen LogP contribution in [0.5, 0.6) is 5.75 Å². The fourth-order valence-electron chi connectivity index (χ4n) is 3.83. The van der Waals surface area contributed by atoms with E-state index in [4.69, 9.17) is 4.74 Å². The number of rotatable bonds is 7. The van der Waals surface area contributed by atoms with Crippen molar-refractivity contribution in [2.24, 2.45) is 7.05 Å². The predicted octanol–water partition coefficient (Wildman–Crippen LogP) is 2.21. The molecule has 2 heterocycles. The van der Waals surface area contributed by atoms with Crippen molar-refractivity contribution in [3.63, 3.8) is 0 Å². The number of imidazole rings is 1. The summed E-state index contributed by atoms with van der Waals surface area (Å²) in [5.74, 6) is 1.09.